The van der Waals surface area contributed by atoms with Gasteiger partial charge in [0.15, 0.2) is 5.82 Å². The van der Waals surface area contributed by atoms with Crippen LogP contribution in [0.15, 0.2) is 24.3 Å². The van der Waals surface area contributed by atoms with Crippen LogP contribution >= 0.6 is 0 Å². The molecule has 0 spiro atoms. The largest absolute Gasteiger partial charge is 0.324 e. The first-order valence-electron chi connectivity index (χ1n) is 13.7. The fraction of sp³-hybridized carbons (Fsp3) is 0.704. The Hall–Kier alpha value is -2.28. The van der Waals surface area contributed by atoms with E-state index in [0.29, 0.717) is 24.3 Å². The normalized spacial score (nSPS) is 30.4. The zero-order valence-electron chi connectivity index (χ0n) is 20.6. The summed E-state index contributed by atoms with van der Waals surface area (Å²) in [6.07, 6.45) is 15.9. The van der Waals surface area contributed by atoms with Crippen LogP contribution in [0.1, 0.15) is 95.2 Å². The zero-order chi connectivity index (χ0) is 22.9. The highest BCUT2D eigenvalue weighted by Crippen LogP contribution is 2.43. The van der Waals surface area contributed by atoms with Gasteiger partial charge in [-0.25, -0.2) is 4.98 Å². The molecule has 2 bridgehead atoms. The molecule has 3 aromatic rings. The standard InChI is InChI=1S/C27H39N7/c1-2-7-21-17-22(12-13-33(21)23-15-19-8-3-4-9-20(14-19)16-23)34-25-11-6-5-10-24(25)28-27(34)18-26-29-31-32-30-26/h5-6,10-11,19-23H,2-4,7-9,12-18H2,1H3,(H,29,30,31,32)/t19-,20+,21-,22-,23?/m1/s1. The van der Waals surface area contributed by atoms with Crippen molar-refractivity contribution < 1.29 is 0 Å². The van der Waals surface area contributed by atoms with Gasteiger partial charge < -0.3 is 4.57 Å². The molecule has 1 N–H and O–H groups in total. The molecule has 2 saturated carbocycles. The maximum Gasteiger partial charge on any atom is 0.182 e. The summed E-state index contributed by atoms with van der Waals surface area (Å²) < 4.78 is 2.52. The van der Waals surface area contributed by atoms with Gasteiger partial charge in [0.25, 0.3) is 0 Å². The molecular weight excluding hydrogens is 422 g/mol. The van der Waals surface area contributed by atoms with E-state index in [1.54, 1.807) is 0 Å². The fourth-order valence-corrected chi connectivity index (χ4v) is 7.54. The van der Waals surface area contributed by atoms with Gasteiger partial charge >= 0.3 is 0 Å². The first-order valence-corrected chi connectivity index (χ1v) is 13.7. The minimum absolute atomic E-state index is 0.480. The smallest absolute Gasteiger partial charge is 0.182 e. The molecule has 3 heterocycles. The van der Waals surface area contributed by atoms with E-state index in [-0.39, 0.29) is 0 Å². The van der Waals surface area contributed by atoms with Crippen LogP contribution in [0.4, 0.5) is 0 Å². The van der Waals surface area contributed by atoms with Gasteiger partial charge in [-0.05, 0) is 62.5 Å². The summed E-state index contributed by atoms with van der Waals surface area (Å²) in [5.41, 5.74) is 2.32. The van der Waals surface area contributed by atoms with E-state index in [9.17, 15) is 0 Å². The topological polar surface area (TPSA) is 75.5 Å². The second kappa shape index (κ2) is 9.76. The van der Waals surface area contributed by atoms with E-state index in [1.165, 1.54) is 82.7 Å². The van der Waals surface area contributed by atoms with E-state index in [4.69, 9.17) is 4.98 Å². The number of aromatic nitrogens is 6. The van der Waals surface area contributed by atoms with E-state index in [2.05, 4.69) is 61.3 Å². The number of likely N-dealkylation sites (tertiary alicyclic amines) is 1. The van der Waals surface area contributed by atoms with Crippen LogP contribution in [-0.2, 0) is 6.42 Å². The molecule has 2 aromatic heterocycles. The van der Waals surface area contributed by atoms with Gasteiger partial charge in [-0.2, -0.15) is 5.21 Å². The Morgan fingerprint density at radius 2 is 1.79 bits per heavy atom. The number of para-hydroxylation sites is 2. The maximum absolute atomic E-state index is 5.02. The number of piperidine rings is 1. The Labute approximate surface area is 202 Å². The lowest BCUT2D eigenvalue weighted by atomic mass is 9.76. The number of hydrogen-bond acceptors (Lipinski definition) is 5. The molecular formula is C27H39N7. The van der Waals surface area contributed by atoms with Crippen LogP contribution in [0, 0.1) is 11.8 Å². The van der Waals surface area contributed by atoms with Gasteiger partial charge in [0.1, 0.15) is 5.82 Å². The Bertz CT molecular complexity index is 1060. The summed E-state index contributed by atoms with van der Waals surface area (Å²) in [5, 5.41) is 14.8. The predicted octanol–water partition coefficient (Wildman–Crippen LogP) is 5.30. The fourth-order valence-electron chi connectivity index (χ4n) is 7.54. The first-order chi connectivity index (χ1) is 16.8. The van der Waals surface area contributed by atoms with Crippen molar-refractivity contribution in [3.8, 4) is 0 Å². The molecule has 1 aromatic carbocycles. The van der Waals surface area contributed by atoms with Crippen molar-refractivity contribution in [1.82, 2.24) is 35.1 Å². The molecule has 0 amide bonds. The molecule has 7 nitrogen and oxygen atoms in total. The minimum atomic E-state index is 0.480. The number of imidazole rings is 1. The second-order valence-corrected chi connectivity index (χ2v) is 11.1. The van der Waals surface area contributed by atoms with Crippen LogP contribution in [0.25, 0.3) is 11.0 Å². The van der Waals surface area contributed by atoms with Gasteiger partial charge in [-0.15, -0.1) is 10.2 Å². The summed E-state index contributed by atoms with van der Waals surface area (Å²) in [6.45, 7) is 3.57. The Kier molecular flexibility index (Phi) is 6.37. The van der Waals surface area contributed by atoms with Crippen molar-refractivity contribution in [3.63, 3.8) is 0 Å². The highest BCUT2D eigenvalue weighted by atomic mass is 15.5. The summed E-state index contributed by atoms with van der Waals surface area (Å²) in [4.78, 5) is 7.98. The Morgan fingerprint density at radius 3 is 2.56 bits per heavy atom. The zero-order valence-corrected chi connectivity index (χ0v) is 20.6. The van der Waals surface area contributed by atoms with Crippen LogP contribution < -0.4 is 0 Å². The lowest BCUT2D eigenvalue weighted by Gasteiger charge is -2.48. The number of nitrogens with one attached hydrogen (secondary N) is 1. The quantitative estimate of drug-likeness (QED) is 0.539. The van der Waals surface area contributed by atoms with Crippen molar-refractivity contribution >= 4 is 11.0 Å². The number of fused-ring (bicyclic) bond motifs is 3. The van der Waals surface area contributed by atoms with Crippen LogP contribution in [0.2, 0.25) is 0 Å². The third-order valence-electron chi connectivity index (χ3n) is 8.92. The Morgan fingerprint density at radius 1 is 0.971 bits per heavy atom. The SMILES string of the molecule is CCC[C@@H]1C[C@H](n2c(Cc3nn[nH]n3)nc3ccccc32)CCN1C1C[C@H]2CCCC[C@@H](C1)C2. The predicted molar refractivity (Wildman–Crippen MR) is 133 cm³/mol. The number of hydrogen-bond donors (Lipinski definition) is 1. The monoisotopic (exact) mass is 461 g/mol. The molecule has 3 fully saturated rings. The molecule has 34 heavy (non-hydrogen) atoms. The van der Waals surface area contributed by atoms with E-state index in [0.717, 1.165) is 29.2 Å². The Balaban J connectivity index is 1.27. The maximum atomic E-state index is 5.02. The molecule has 7 heteroatoms. The average molecular weight is 462 g/mol. The minimum Gasteiger partial charge on any atom is -0.324 e. The van der Waals surface area contributed by atoms with Crippen molar-refractivity contribution in [3.05, 3.63) is 35.9 Å². The molecule has 3 aliphatic rings. The highest BCUT2D eigenvalue weighted by Gasteiger charge is 2.39. The van der Waals surface area contributed by atoms with E-state index < -0.39 is 0 Å². The molecule has 1 unspecified atom stereocenters. The molecule has 2 aliphatic carbocycles. The average Bonchev–Trinajstić information content (AvgIpc) is 3.45. The van der Waals surface area contributed by atoms with E-state index in [1.807, 2.05) is 0 Å². The lowest BCUT2D eigenvalue weighted by Crippen LogP contribution is -2.51. The number of benzene rings is 1. The second-order valence-electron chi connectivity index (χ2n) is 11.1. The number of nitrogens with zero attached hydrogens (tertiary/aromatic N) is 6. The molecule has 6 rings (SSSR count). The van der Waals surface area contributed by atoms with Crippen LogP contribution in [-0.4, -0.2) is 53.7 Å². The first kappa shape index (κ1) is 22.2. The van der Waals surface area contributed by atoms with Gasteiger partial charge in [-0.3, -0.25) is 4.90 Å². The molecule has 5 atom stereocenters. The summed E-state index contributed by atoms with van der Waals surface area (Å²) in [5.74, 6) is 3.74. The number of rotatable bonds is 6. The third kappa shape index (κ3) is 4.39. The molecule has 1 saturated heterocycles. The van der Waals surface area contributed by atoms with Gasteiger partial charge in [0, 0.05) is 24.7 Å². The number of tetrazole rings is 1. The number of H-pyrrole nitrogens is 1. The van der Waals surface area contributed by atoms with Gasteiger partial charge in [0.05, 0.1) is 17.5 Å². The van der Waals surface area contributed by atoms with Crippen LogP contribution in [0.5, 0.6) is 0 Å². The van der Waals surface area contributed by atoms with Gasteiger partial charge in [0.2, 0.25) is 0 Å². The molecule has 0 radical (unpaired) electrons. The van der Waals surface area contributed by atoms with Crippen molar-refractivity contribution in [2.45, 2.75) is 102 Å². The number of aromatic amines is 1. The highest BCUT2D eigenvalue weighted by molar-refractivity contribution is 5.76. The van der Waals surface area contributed by atoms with Crippen molar-refractivity contribution in [2.24, 2.45) is 11.8 Å². The lowest BCUT2D eigenvalue weighted by molar-refractivity contribution is 0.0233. The molecule has 182 valence electrons. The summed E-state index contributed by atoms with van der Waals surface area (Å²) in [6, 6.07) is 10.5. The van der Waals surface area contributed by atoms with Crippen LogP contribution in [0.3, 0.4) is 0 Å². The third-order valence-corrected chi connectivity index (χ3v) is 8.92. The van der Waals surface area contributed by atoms with Crippen molar-refractivity contribution in [1.29, 1.82) is 0 Å². The van der Waals surface area contributed by atoms with Gasteiger partial charge in [-0.1, -0.05) is 56.4 Å². The summed E-state index contributed by atoms with van der Waals surface area (Å²) >= 11 is 0. The van der Waals surface area contributed by atoms with E-state index >= 15 is 0 Å². The van der Waals surface area contributed by atoms with Crippen molar-refractivity contribution in [2.75, 3.05) is 6.54 Å². The molecule has 1 aliphatic heterocycles. The summed E-state index contributed by atoms with van der Waals surface area (Å²) in [7, 11) is 0.